The highest BCUT2D eigenvalue weighted by molar-refractivity contribution is 5.53. The van der Waals surface area contributed by atoms with E-state index < -0.39 is 11.8 Å². The van der Waals surface area contributed by atoms with Gasteiger partial charge in [0.15, 0.2) is 5.60 Å². The van der Waals surface area contributed by atoms with Gasteiger partial charge in [0.05, 0.1) is 7.11 Å². The highest BCUT2D eigenvalue weighted by Gasteiger charge is 2.52. The fourth-order valence-corrected chi connectivity index (χ4v) is 1.39. The maximum Gasteiger partial charge on any atom is 0.421 e. The largest absolute Gasteiger partial charge is 0.496 e. The Kier molecular flexibility index (Phi) is 3.52. The van der Waals surface area contributed by atoms with Crippen molar-refractivity contribution in [1.29, 1.82) is 0 Å². The number of aliphatic hydroxyl groups is 1. The molecule has 0 aliphatic carbocycles. The van der Waals surface area contributed by atoms with Crippen molar-refractivity contribution in [2.45, 2.75) is 18.7 Å². The Hall–Kier alpha value is -1.49. The van der Waals surface area contributed by atoms with Crippen LogP contribution in [0.2, 0.25) is 0 Å². The lowest BCUT2D eigenvalue weighted by atomic mass is 9.93. The van der Waals surface area contributed by atoms with Crippen LogP contribution in [-0.4, -0.2) is 18.4 Å². The predicted molar refractivity (Wildman–Crippen MR) is 58.7 cm³/mol. The van der Waals surface area contributed by atoms with Gasteiger partial charge in [0, 0.05) is 5.56 Å². The van der Waals surface area contributed by atoms with Gasteiger partial charge in [-0.3, -0.25) is 0 Å². The second kappa shape index (κ2) is 4.41. The molecule has 0 aliphatic heterocycles. The van der Waals surface area contributed by atoms with Gasteiger partial charge in [-0.25, -0.2) is 0 Å². The van der Waals surface area contributed by atoms with E-state index in [9.17, 15) is 18.3 Å². The molecule has 1 unspecified atom stereocenters. The topological polar surface area (TPSA) is 29.5 Å². The van der Waals surface area contributed by atoms with E-state index in [-0.39, 0.29) is 11.3 Å². The lowest BCUT2D eigenvalue weighted by molar-refractivity contribution is -0.259. The van der Waals surface area contributed by atoms with E-state index in [2.05, 4.69) is 6.58 Å². The van der Waals surface area contributed by atoms with Crippen molar-refractivity contribution in [3.05, 3.63) is 35.9 Å². The van der Waals surface area contributed by atoms with Gasteiger partial charge in [0.2, 0.25) is 0 Å². The first kappa shape index (κ1) is 13.6. The standard InChI is InChI=1S/C12H13F3O2/c1-4-8-5-6-9(10(7-8)17-3)11(2,16)12(13,14)15/h4-7,16H,1H2,2-3H3. The van der Waals surface area contributed by atoms with Gasteiger partial charge < -0.3 is 9.84 Å². The van der Waals surface area contributed by atoms with Crippen molar-refractivity contribution in [2.75, 3.05) is 7.11 Å². The van der Waals surface area contributed by atoms with Crippen LogP contribution in [0.4, 0.5) is 13.2 Å². The van der Waals surface area contributed by atoms with E-state index in [1.807, 2.05) is 0 Å². The number of benzene rings is 1. The summed E-state index contributed by atoms with van der Waals surface area (Å²) < 4.78 is 42.9. The van der Waals surface area contributed by atoms with Gasteiger partial charge in [-0.2, -0.15) is 13.2 Å². The minimum absolute atomic E-state index is 0.0234. The SMILES string of the molecule is C=Cc1ccc(C(C)(O)C(F)(F)F)c(OC)c1. The first-order chi connectivity index (χ1) is 7.74. The number of methoxy groups -OCH3 is 1. The first-order valence-electron chi connectivity index (χ1n) is 4.84. The van der Waals surface area contributed by atoms with Crippen molar-refractivity contribution >= 4 is 6.08 Å². The molecule has 0 aromatic heterocycles. The van der Waals surface area contributed by atoms with Crippen molar-refractivity contribution in [3.63, 3.8) is 0 Å². The average molecular weight is 246 g/mol. The lowest BCUT2D eigenvalue weighted by Crippen LogP contribution is -2.39. The number of alkyl halides is 3. The second-order valence-electron chi connectivity index (χ2n) is 3.73. The number of halogens is 3. The quantitative estimate of drug-likeness (QED) is 0.888. The maximum absolute atomic E-state index is 12.7. The third-order valence-corrected chi connectivity index (χ3v) is 2.54. The zero-order valence-corrected chi connectivity index (χ0v) is 9.51. The predicted octanol–water partition coefficient (Wildman–Crippen LogP) is 3.11. The smallest absolute Gasteiger partial charge is 0.421 e. The van der Waals surface area contributed by atoms with Crippen molar-refractivity contribution in [3.8, 4) is 5.75 Å². The van der Waals surface area contributed by atoms with E-state index in [1.165, 1.54) is 31.4 Å². The molecular formula is C12H13F3O2. The molecule has 0 bridgehead atoms. The molecule has 0 aliphatic rings. The zero-order chi connectivity index (χ0) is 13.3. The lowest BCUT2D eigenvalue weighted by Gasteiger charge is -2.28. The van der Waals surface area contributed by atoms with E-state index in [0.717, 1.165) is 0 Å². The van der Waals surface area contributed by atoms with Gasteiger partial charge in [-0.15, -0.1) is 0 Å². The zero-order valence-electron chi connectivity index (χ0n) is 9.51. The molecule has 1 N–H and O–H groups in total. The van der Waals surface area contributed by atoms with Crippen LogP contribution >= 0.6 is 0 Å². The van der Waals surface area contributed by atoms with Crippen LogP contribution in [0.25, 0.3) is 6.08 Å². The molecule has 5 heteroatoms. The number of hydrogen-bond acceptors (Lipinski definition) is 2. The Morgan fingerprint density at radius 1 is 1.35 bits per heavy atom. The van der Waals surface area contributed by atoms with E-state index in [0.29, 0.717) is 12.5 Å². The summed E-state index contributed by atoms with van der Waals surface area (Å²) in [4.78, 5) is 0. The Balaban J connectivity index is 3.36. The molecule has 0 saturated carbocycles. The number of hydrogen-bond donors (Lipinski definition) is 1. The minimum atomic E-state index is -4.77. The van der Waals surface area contributed by atoms with Gasteiger partial charge in [-0.05, 0) is 18.6 Å². The summed E-state index contributed by atoms with van der Waals surface area (Å²) in [5.41, 5.74) is -2.65. The van der Waals surface area contributed by atoms with Crippen LogP contribution in [0.3, 0.4) is 0 Å². The van der Waals surface area contributed by atoms with Crippen molar-refractivity contribution < 1.29 is 23.0 Å². The Labute approximate surface area is 97.3 Å². The Bertz CT molecular complexity index is 422. The number of ether oxygens (including phenoxy) is 1. The Morgan fingerprint density at radius 3 is 2.35 bits per heavy atom. The van der Waals surface area contributed by atoms with Gasteiger partial charge in [-0.1, -0.05) is 24.8 Å². The summed E-state index contributed by atoms with van der Waals surface area (Å²) in [6.07, 6.45) is -3.29. The first-order valence-corrected chi connectivity index (χ1v) is 4.84. The molecule has 1 aromatic carbocycles. The molecule has 1 rings (SSSR count). The van der Waals surface area contributed by atoms with Crippen LogP contribution in [0.15, 0.2) is 24.8 Å². The summed E-state index contributed by atoms with van der Waals surface area (Å²) in [5, 5.41) is 9.57. The summed E-state index contributed by atoms with van der Waals surface area (Å²) in [5.74, 6) is -0.0234. The molecule has 0 radical (unpaired) electrons. The molecular weight excluding hydrogens is 233 g/mol. The van der Waals surface area contributed by atoms with Gasteiger partial charge in [0.25, 0.3) is 0 Å². The van der Waals surface area contributed by atoms with Crippen molar-refractivity contribution in [2.24, 2.45) is 0 Å². The molecule has 2 nitrogen and oxygen atoms in total. The molecule has 0 saturated heterocycles. The fraction of sp³-hybridized carbons (Fsp3) is 0.333. The number of rotatable bonds is 3. The third-order valence-electron chi connectivity index (χ3n) is 2.54. The summed E-state index contributed by atoms with van der Waals surface area (Å²) in [6.45, 7) is 4.20. The third kappa shape index (κ3) is 2.44. The van der Waals surface area contributed by atoms with Gasteiger partial charge >= 0.3 is 6.18 Å². The summed E-state index contributed by atoms with van der Waals surface area (Å²) in [7, 11) is 1.25. The fourth-order valence-electron chi connectivity index (χ4n) is 1.39. The van der Waals surface area contributed by atoms with E-state index in [4.69, 9.17) is 4.74 Å². The minimum Gasteiger partial charge on any atom is -0.496 e. The van der Waals surface area contributed by atoms with Crippen LogP contribution < -0.4 is 4.74 Å². The molecule has 0 amide bonds. The highest BCUT2D eigenvalue weighted by Crippen LogP contribution is 2.42. The van der Waals surface area contributed by atoms with Crippen molar-refractivity contribution in [1.82, 2.24) is 0 Å². The van der Waals surface area contributed by atoms with Crippen LogP contribution in [0.5, 0.6) is 5.75 Å². The molecule has 0 heterocycles. The molecule has 17 heavy (non-hydrogen) atoms. The monoisotopic (exact) mass is 246 g/mol. The van der Waals surface area contributed by atoms with E-state index >= 15 is 0 Å². The van der Waals surface area contributed by atoms with Crippen LogP contribution in [0, 0.1) is 0 Å². The molecule has 1 atom stereocenters. The molecule has 0 spiro atoms. The second-order valence-corrected chi connectivity index (χ2v) is 3.73. The van der Waals surface area contributed by atoms with Gasteiger partial charge in [0.1, 0.15) is 5.75 Å². The Morgan fingerprint density at radius 2 is 1.94 bits per heavy atom. The molecule has 0 fully saturated rings. The normalized spacial score (nSPS) is 15.2. The van der Waals surface area contributed by atoms with E-state index in [1.54, 1.807) is 0 Å². The average Bonchev–Trinajstić information content (AvgIpc) is 2.26. The summed E-state index contributed by atoms with van der Waals surface area (Å²) >= 11 is 0. The maximum atomic E-state index is 12.7. The summed E-state index contributed by atoms with van der Waals surface area (Å²) in [6, 6.07) is 4.01. The van der Waals surface area contributed by atoms with Crippen LogP contribution in [-0.2, 0) is 5.60 Å². The molecule has 94 valence electrons. The molecule has 1 aromatic rings. The highest BCUT2D eigenvalue weighted by atomic mass is 19.4. The van der Waals surface area contributed by atoms with Crippen LogP contribution in [0.1, 0.15) is 18.1 Å².